The summed E-state index contributed by atoms with van der Waals surface area (Å²) in [4.78, 5) is 0. The van der Waals surface area contributed by atoms with Gasteiger partial charge in [-0.25, -0.2) is 0 Å². The van der Waals surface area contributed by atoms with E-state index >= 15 is 0 Å². The van der Waals surface area contributed by atoms with Gasteiger partial charge in [-0.2, -0.15) is 4.68 Å². The molecule has 1 fully saturated rings. The number of benzene rings is 1. The zero-order valence-corrected chi connectivity index (χ0v) is 13.7. The Morgan fingerprint density at radius 3 is 2.41 bits per heavy atom. The van der Waals surface area contributed by atoms with Crippen LogP contribution in [0.4, 0.5) is 0 Å². The predicted molar refractivity (Wildman–Crippen MR) is 86.9 cm³/mol. The molecule has 1 saturated carbocycles. The minimum atomic E-state index is -0.110. The number of tetrazole rings is 1. The van der Waals surface area contributed by atoms with Gasteiger partial charge in [0, 0.05) is 6.04 Å². The summed E-state index contributed by atoms with van der Waals surface area (Å²) in [5.41, 5.74) is 2.16. The maximum absolute atomic E-state index is 4.40. The Balaban J connectivity index is 2.02. The third kappa shape index (κ3) is 2.90. The summed E-state index contributed by atoms with van der Waals surface area (Å²) < 4.78 is 1.90. The first kappa shape index (κ1) is 15.2. The van der Waals surface area contributed by atoms with Crippen LogP contribution in [-0.4, -0.2) is 26.2 Å². The van der Waals surface area contributed by atoms with E-state index in [9.17, 15) is 0 Å². The first-order chi connectivity index (χ1) is 10.6. The first-order valence-electron chi connectivity index (χ1n) is 8.24. The molecule has 0 bridgehead atoms. The molecule has 1 aliphatic rings. The molecule has 0 aliphatic heterocycles. The maximum atomic E-state index is 4.40. The van der Waals surface area contributed by atoms with Gasteiger partial charge in [-0.3, -0.25) is 0 Å². The average Bonchev–Trinajstić information content (AvgIpc) is 2.98. The highest BCUT2D eigenvalue weighted by atomic mass is 15.6. The van der Waals surface area contributed by atoms with Crippen LogP contribution in [0.3, 0.4) is 0 Å². The lowest BCUT2D eigenvalue weighted by Crippen LogP contribution is -2.49. The summed E-state index contributed by atoms with van der Waals surface area (Å²) in [5.74, 6) is 0.949. The number of rotatable bonds is 4. The number of aryl methyl sites for hydroxylation is 1. The number of nitrogens with zero attached hydrogens (tertiary/aromatic N) is 4. The molecule has 1 aromatic carbocycles. The molecule has 0 spiro atoms. The van der Waals surface area contributed by atoms with Gasteiger partial charge in [0.25, 0.3) is 0 Å². The van der Waals surface area contributed by atoms with Crippen LogP contribution in [0.15, 0.2) is 24.3 Å². The maximum Gasteiger partial charge on any atom is 0.176 e. The van der Waals surface area contributed by atoms with E-state index in [-0.39, 0.29) is 5.54 Å². The van der Waals surface area contributed by atoms with Gasteiger partial charge in [-0.05, 0) is 56.2 Å². The molecule has 0 atom stereocenters. The SMILES string of the molecule is Cc1ccc(-n2nnnc2C2(NC(C)C)CCCCC2)cc1. The van der Waals surface area contributed by atoms with Crippen molar-refractivity contribution in [2.75, 3.05) is 0 Å². The van der Waals surface area contributed by atoms with Crippen LogP contribution in [0.1, 0.15) is 57.3 Å². The molecular formula is C17H25N5. The van der Waals surface area contributed by atoms with E-state index in [1.54, 1.807) is 0 Å². The Hall–Kier alpha value is -1.75. The second-order valence-corrected chi connectivity index (χ2v) is 6.69. The highest BCUT2D eigenvalue weighted by Crippen LogP contribution is 2.37. The van der Waals surface area contributed by atoms with Crippen molar-refractivity contribution in [3.05, 3.63) is 35.7 Å². The van der Waals surface area contributed by atoms with Crippen molar-refractivity contribution in [3.8, 4) is 5.69 Å². The third-order valence-corrected chi connectivity index (χ3v) is 4.45. The Morgan fingerprint density at radius 1 is 1.09 bits per heavy atom. The highest BCUT2D eigenvalue weighted by molar-refractivity contribution is 5.34. The van der Waals surface area contributed by atoms with E-state index in [1.165, 1.54) is 24.8 Å². The summed E-state index contributed by atoms with van der Waals surface area (Å²) in [5, 5.41) is 16.4. The molecule has 5 nitrogen and oxygen atoms in total. The summed E-state index contributed by atoms with van der Waals surface area (Å²) >= 11 is 0. The van der Waals surface area contributed by atoms with Crippen LogP contribution in [0.25, 0.3) is 5.69 Å². The Morgan fingerprint density at radius 2 is 1.77 bits per heavy atom. The molecule has 1 aliphatic carbocycles. The number of hydrogen-bond donors (Lipinski definition) is 1. The van der Waals surface area contributed by atoms with Crippen LogP contribution < -0.4 is 5.32 Å². The van der Waals surface area contributed by atoms with Gasteiger partial charge in [0.05, 0.1) is 11.2 Å². The lowest BCUT2D eigenvalue weighted by atomic mass is 9.80. The normalized spacial score (nSPS) is 17.8. The molecule has 0 radical (unpaired) electrons. The Bertz CT molecular complexity index is 608. The lowest BCUT2D eigenvalue weighted by Gasteiger charge is -2.38. The molecule has 118 valence electrons. The number of aromatic nitrogens is 4. The van der Waals surface area contributed by atoms with Crippen molar-refractivity contribution < 1.29 is 0 Å². The minimum absolute atomic E-state index is 0.110. The summed E-state index contributed by atoms with van der Waals surface area (Å²) in [7, 11) is 0. The van der Waals surface area contributed by atoms with E-state index in [1.807, 2.05) is 4.68 Å². The van der Waals surface area contributed by atoms with Gasteiger partial charge in [0.1, 0.15) is 0 Å². The van der Waals surface area contributed by atoms with Gasteiger partial charge in [-0.1, -0.05) is 37.0 Å². The number of hydrogen-bond acceptors (Lipinski definition) is 4. The fraction of sp³-hybridized carbons (Fsp3) is 0.588. The standard InChI is InChI=1S/C17H25N5/c1-13(2)18-17(11-5-4-6-12-17)16-19-20-21-22(16)15-9-7-14(3)8-10-15/h7-10,13,18H,4-6,11-12H2,1-3H3. The van der Waals surface area contributed by atoms with E-state index in [0.717, 1.165) is 24.4 Å². The Labute approximate surface area is 132 Å². The van der Waals surface area contributed by atoms with E-state index in [2.05, 4.69) is 65.9 Å². The van der Waals surface area contributed by atoms with Crippen molar-refractivity contribution >= 4 is 0 Å². The summed E-state index contributed by atoms with van der Waals surface area (Å²) in [6.45, 7) is 6.47. The van der Waals surface area contributed by atoms with Gasteiger partial charge >= 0.3 is 0 Å². The van der Waals surface area contributed by atoms with E-state index in [4.69, 9.17) is 0 Å². The van der Waals surface area contributed by atoms with Gasteiger partial charge in [-0.15, -0.1) is 5.10 Å². The topological polar surface area (TPSA) is 55.6 Å². The van der Waals surface area contributed by atoms with Crippen LogP contribution in [0, 0.1) is 6.92 Å². The molecule has 1 aromatic heterocycles. The highest BCUT2D eigenvalue weighted by Gasteiger charge is 2.39. The molecule has 1 N–H and O–H groups in total. The second-order valence-electron chi connectivity index (χ2n) is 6.69. The number of nitrogens with one attached hydrogen (secondary N) is 1. The zero-order valence-electron chi connectivity index (χ0n) is 13.7. The molecule has 5 heteroatoms. The lowest BCUT2D eigenvalue weighted by molar-refractivity contribution is 0.201. The van der Waals surface area contributed by atoms with Crippen LogP contribution >= 0.6 is 0 Å². The molecule has 2 aromatic rings. The first-order valence-corrected chi connectivity index (χ1v) is 8.24. The van der Waals surface area contributed by atoms with Gasteiger partial charge in [0.15, 0.2) is 5.82 Å². The molecule has 0 saturated heterocycles. The van der Waals surface area contributed by atoms with Gasteiger partial charge in [0.2, 0.25) is 0 Å². The van der Waals surface area contributed by atoms with Crippen molar-refractivity contribution in [1.82, 2.24) is 25.5 Å². The largest absolute Gasteiger partial charge is 0.302 e. The van der Waals surface area contributed by atoms with Crippen LogP contribution in [-0.2, 0) is 5.54 Å². The van der Waals surface area contributed by atoms with Crippen molar-refractivity contribution in [1.29, 1.82) is 0 Å². The molecule has 0 amide bonds. The van der Waals surface area contributed by atoms with E-state index in [0.29, 0.717) is 6.04 Å². The van der Waals surface area contributed by atoms with Crippen LogP contribution in [0.2, 0.25) is 0 Å². The monoisotopic (exact) mass is 299 g/mol. The molecule has 1 heterocycles. The third-order valence-electron chi connectivity index (χ3n) is 4.45. The smallest absolute Gasteiger partial charge is 0.176 e. The fourth-order valence-electron chi connectivity index (χ4n) is 3.49. The minimum Gasteiger partial charge on any atom is -0.302 e. The summed E-state index contributed by atoms with van der Waals surface area (Å²) in [6, 6.07) is 8.78. The molecule has 3 rings (SSSR count). The molecular weight excluding hydrogens is 274 g/mol. The molecule has 22 heavy (non-hydrogen) atoms. The Kier molecular flexibility index (Phi) is 4.25. The average molecular weight is 299 g/mol. The predicted octanol–water partition coefficient (Wildman–Crippen LogP) is 3.13. The van der Waals surface area contributed by atoms with Crippen molar-refractivity contribution in [3.63, 3.8) is 0 Å². The van der Waals surface area contributed by atoms with E-state index < -0.39 is 0 Å². The zero-order chi connectivity index (χ0) is 15.6. The summed E-state index contributed by atoms with van der Waals surface area (Å²) in [6.07, 6.45) is 5.93. The van der Waals surface area contributed by atoms with Crippen LogP contribution in [0.5, 0.6) is 0 Å². The molecule has 0 unspecified atom stereocenters. The van der Waals surface area contributed by atoms with Gasteiger partial charge < -0.3 is 5.32 Å². The van der Waals surface area contributed by atoms with Crippen molar-refractivity contribution in [2.45, 2.75) is 64.5 Å². The fourth-order valence-corrected chi connectivity index (χ4v) is 3.49. The second kappa shape index (κ2) is 6.16. The quantitative estimate of drug-likeness (QED) is 0.942. The van der Waals surface area contributed by atoms with Crippen molar-refractivity contribution in [2.24, 2.45) is 0 Å².